The summed E-state index contributed by atoms with van der Waals surface area (Å²) in [6, 6.07) is 13.3. The van der Waals surface area contributed by atoms with Gasteiger partial charge < -0.3 is 14.6 Å². The monoisotopic (exact) mass is 476 g/mol. The molecule has 10 heteroatoms. The number of ether oxygens (including phenoxy) is 1. The van der Waals surface area contributed by atoms with E-state index in [4.69, 9.17) is 4.74 Å². The number of aromatic nitrogens is 5. The average molecular weight is 476 g/mol. The van der Waals surface area contributed by atoms with Crippen molar-refractivity contribution in [3.05, 3.63) is 72.3 Å². The second kappa shape index (κ2) is 9.57. The lowest BCUT2D eigenvalue weighted by Crippen LogP contribution is -2.18. The van der Waals surface area contributed by atoms with Crippen LogP contribution in [0.5, 0.6) is 5.75 Å². The molecule has 4 aromatic rings. The molecule has 1 amide bonds. The van der Waals surface area contributed by atoms with Gasteiger partial charge in [-0.3, -0.25) is 9.78 Å². The predicted octanol–water partition coefficient (Wildman–Crippen LogP) is 5.01. The first-order valence-electron chi connectivity index (χ1n) is 11.2. The highest BCUT2D eigenvalue weighted by atomic mass is 19.3. The number of fused-ring (bicyclic) bond motifs is 5. The number of rotatable bonds is 2. The van der Waals surface area contributed by atoms with E-state index in [2.05, 4.69) is 32.4 Å². The Kier molecular flexibility index (Phi) is 6.17. The van der Waals surface area contributed by atoms with E-state index < -0.39 is 12.3 Å². The second-order valence-corrected chi connectivity index (χ2v) is 8.40. The number of carbonyl (C=O) groups is 1. The summed E-state index contributed by atoms with van der Waals surface area (Å²) < 4.78 is 33.7. The summed E-state index contributed by atoms with van der Waals surface area (Å²) in [6.07, 6.45) is 1.20. The molecule has 8 nitrogen and oxygen atoms in total. The Balaban J connectivity index is 1.53. The molecule has 0 aliphatic carbocycles. The van der Waals surface area contributed by atoms with E-state index in [1.807, 2.05) is 10.6 Å². The number of aryl methyl sites for hydroxylation is 1. The second-order valence-electron chi connectivity index (χ2n) is 8.40. The van der Waals surface area contributed by atoms with E-state index >= 15 is 0 Å². The van der Waals surface area contributed by atoms with Crippen LogP contribution in [-0.2, 0) is 6.54 Å². The lowest BCUT2D eigenvalue weighted by Gasteiger charge is -2.18. The summed E-state index contributed by atoms with van der Waals surface area (Å²) in [6.45, 7) is 3.17. The standard InChI is InChI=1S/C25H22F2N6O2/c1-15-9-10-33-14-29-32-24(33)20-3-2-4-22(30-20)31-25(34)18-11-16(6-8-21(18)35-13-15)17-5-7-19(23(26)27)28-12-17/h2-8,11-12,14-15,23H,9-10,13H2,1H3,(H,30,31,34)/t15-/m1/s1. The number of nitrogens with one attached hydrogen (secondary N) is 1. The zero-order valence-corrected chi connectivity index (χ0v) is 18.9. The Hall–Kier alpha value is -4.21. The van der Waals surface area contributed by atoms with Crippen molar-refractivity contribution in [2.75, 3.05) is 11.9 Å². The minimum absolute atomic E-state index is 0.189. The fourth-order valence-electron chi connectivity index (χ4n) is 3.82. The van der Waals surface area contributed by atoms with Crippen LogP contribution in [0, 0.1) is 5.92 Å². The molecule has 1 aliphatic heterocycles. The average Bonchev–Trinajstić information content (AvgIpc) is 3.34. The van der Waals surface area contributed by atoms with Crippen LogP contribution in [0.4, 0.5) is 14.6 Å². The van der Waals surface area contributed by atoms with Crippen molar-refractivity contribution in [1.29, 1.82) is 0 Å². The molecule has 5 rings (SSSR count). The van der Waals surface area contributed by atoms with Crippen LogP contribution in [0.3, 0.4) is 0 Å². The fraction of sp³-hybridized carbons (Fsp3) is 0.240. The molecule has 0 fully saturated rings. The van der Waals surface area contributed by atoms with Gasteiger partial charge in [0.05, 0.1) is 12.2 Å². The summed E-state index contributed by atoms with van der Waals surface area (Å²) >= 11 is 0. The van der Waals surface area contributed by atoms with Gasteiger partial charge in [-0.2, -0.15) is 0 Å². The van der Waals surface area contributed by atoms with Crippen LogP contribution in [0.25, 0.3) is 22.6 Å². The quantitative estimate of drug-likeness (QED) is 0.437. The lowest BCUT2D eigenvalue weighted by atomic mass is 10.0. The first-order valence-corrected chi connectivity index (χ1v) is 11.2. The van der Waals surface area contributed by atoms with Gasteiger partial charge in [-0.05, 0) is 48.2 Å². The SMILES string of the molecule is C[C@@H]1CCn2cnnc2-c2cccc(n2)NC(=O)c2cc(-c3ccc(C(F)F)nc3)ccc2OC1. The van der Waals surface area contributed by atoms with Gasteiger partial charge in [0.25, 0.3) is 12.3 Å². The Morgan fingerprint density at radius 1 is 1.14 bits per heavy atom. The van der Waals surface area contributed by atoms with Gasteiger partial charge in [0, 0.05) is 18.3 Å². The summed E-state index contributed by atoms with van der Waals surface area (Å²) in [5.41, 5.74) is 1.86. The number of alkyl halides is 2. The number of hydrogen-bond donors (Lipinski definition) is 1. The van der Waals surface area contributed by atoms with Gasteiger partial charge in [0.15, 0.2) is 5.82 Å². The van der Waals surface area contributed by atoms with Gasteiger partial charge in [-0.15, -0.1) is 10.2 Å². The Bertz CT molecular complexity index is 1360. The van der Waals surface area contributed by atoms with Gasteiger partial charge in [0.2, 0.25) is 0 Å². The van der Waals surface area contributed by atoms with Gasteiger partial charge >= 0.3 is 0 Å². The third-order valence-corrected chi connectivity index (χ3v) is 5.79. The number of benzene rings is 1. The highest BCUT2D eigenvalue weighted by Gasteiger charge is 2.19. The van der Waals surface area contributed by atoms with Crippen molar-refractivity contribution >= 4 is 11.7 Å². The summed E-state index contributed by atoms with van der Waals surface area (Å²) in [7, 11) is 0. The Morgan fingerprint density at radius 2 is 2.00 bits per heavy atom. The maximum absolute atomic E-state index is 13.3. The number of amides is 1. The number of hydrogen-bond acceptors (Lipinski definition) is 6. The molecule has 0 spiro atoms. The topological polar surface area (TPSA) is 94.8 Å². The highest BCUT2D eigenvalue weighted by Crippen LogP contribution is 2.29. The van der Waals surface area contributed by atoms with Crippen molar-refractivity contribution < 1.29 is 18.3 Å². The molecule has 1 N–H and O–H groups in total. The summed E-state index contributed by atoms with van der Waals surface area (Å²) in [4.78, 5) is 21.7. The van der Waals surface area contributed by atoms with E-state index in [0.717, 1.165) is 6.42 Å². The Morgan fingerprint density at radius 3 is 2.80 bits per heavy atom. The number of halogens is 2. The fourth-order valence-corrected chi connectivity index (χ4v) is 3.82. The number of carbonyl (C=O) groups excluding carboxylic acids is 1. The van der Waals surface area contributed by atoms with Crippen LogP contribution in [0.2, 0.25) is 0 Å². The van der Waals surface area contributed by atoms with Crippen molar-refractivity contribution in [1.82, 2.24) is 24.7 Å². The summed E-state index contributed by atoms with van der Waals surface area (Å²) in [5.74, 6) is 1.18. The number of nitrogens with zero attached hydrogens (tertiary/aromatic N) is 5. The van der Waals surface area contributed by atoms with Crippen molar-refractivity contribution in [3.63, 3.8) is 0 Å². The molecule has 3 aromatic heterocycles. The minimum Gasteiger partial charge on any atom is -0.492 e. The molecular weight excluding hydrogens is 454 g/mol. The maximum Gasteiger partial charge on any atom is 0.280 e. The molecule has 178 valence electrons. The van der Waals surface area contributed by atoms with Gasteiger partial charge in [0.1, 0.15) is 29.3 Å². The predicted molar refractivity (Wildman–Crippen MR) is 125 cm³/mol. The molecule has 0 saturated carbocycles. The van der Waals surface area contributed by atoms with E-state index in [1.165, 1.54) is 12.3 Å². The lowest BCUT2D eigenvalue weighted by molar-refractivity contribution is 0.102. The third-order valence-electron chi connectivity index (χ3n) is 5.79. The van der Waals surface area contributed by atoms with E-state index in [0.29, 0.717) is 52.9 Å². The first-order chi connectivity index (χ1) is 17.0. The number of pyridine rings is 2. The van der Waals surface area contributed by atoms with E-state index in [-0.39, 0.29) is 11.6 Å². The maximum atomic E-state index is 13.3. The van der Waals surface area contributed by atoms with Crippen molar-refractivity contribution in [3.8, 4) is 28.4 Å². The third kappa shape index (κ3) is 4.86. The zero-order valence-electron chi connectivity index (χ0n) is 18.9. The molecular formula is C25H22F2N6O2. The van der Waals surface area contributed by atoms with Gasteiger partial charge in [-0.25, -0.2) is 13.8 Å². The molecule has 0 saturated heterocycles. The minimum atomic E-state index is -2.65. The van der Waals surface area contributed by atoms with Crippen LogP contribution >= 0.6 is 0 Å². The van der Waals surface area contributed by atoms with Crippen LogP contribution < -0.4 is 10.1 Å². The van der Waals surface area contributed by atoms with Crippen LogP contribution in [-0.4, -0.2) is 37.2 Å². The molecule has 0 radical (unpaired) electrons. The Labute approximate surface area is 200 Å². The molecule has 35 heavy (non-hydrogen) atoms. The van der Waals surface area contributed by atoms with Crippen LogP contribution in [0.1, 0.15) is 35.8 Å². The largest absolute Gasteiger partial charge is 0.492 e. The van der Waals surface area contributed by atoms with E-state index in [9.17, 15) is 13.6 Å². The molecule has 0 unspecified atom stereocenters. The molecule has 1 atom stereocenters. The molecule has 2 bridgehead atoms. The van der Waals surface area contributed by atoms with Crippen molar-refractivity contribution in [2.45, 2.75) is 26.3 Å². The molecule has 1 aromatic carbocycles. The zero-order chi connectivity index (χ0) is 24.4. The summed E-state index contributed by atoms with van der Waals surface area (Å²) in [5, 5.41) is 11.0. The normalized spacial score (nSPS) is 16.0. The van der Waals surface area contributed by atoms with Gasteiger partial charge in [-0.1, -0.05) is 25.1 Å². The highest BCUT2D eigenvalue weighted by molar-refractivity contribution is 6.06. The van der Waals surface area contributed by atoms with E-state index in [1.54, 1.807) is 42.7 Å². The first kappa shape index (κ1) is 22.6. The molecule has 4 heterocycles. The van der Waals surface area contributed by atoms with Crippen molar-refractivity contribution in [2.24, 2.45) is 5.92 Å². The molecule has 1 aliphatic rings. The smallest absolute Gasteiger partial charge is 0.280 e. The number of anilines is 1. The van der Waals surface area contributed by atoms with Crippen LogP contribution in [0.15, 0.2) is 61.1 Å².